The summed E-state index contributed by atoms with van der Waals surface area (Å²) in [5, 5.41) is 13.7. The van der Waals surface area contributed by atoms with E-state index in [0.29, 0.717) is 12.4 Å². The Hall–Kier alpha value is -2.44. The van der Waals surface area contributed by atoms with Crippen LogP contribution in [0, 0.1) is 17.0 Å². The second kappa shape index (κ2) is 4.82. The predicted octanol–water partition coefficient (Wildman–Crippen LogP) is 1.64. The summed E-state index contributed by atoms with van der Waals surface area (Å²) >= 11 is 0. The molecule has 7 nitrogen and oxygen atoms in total. The van der Waals surface area contributed by atoms with Gasteiger partial charge in [-0.25, -0.2) is 9.97 Å². The topological polar surface area (TPSA) is 85.9 Å². The Kier molecular flexibility index (Phi) is 3.22. The molecule has 0 radical (unpaired) electrons. The van der Waals surface area contributed by atoms with Crippen LogP contribution < -0.4 is 5.32 Å². The van der Waals surface area contributed by atoms with Crippen molar-refractivity contribution >= 4 is 11.5 Å². The van der Waals surface area contributed by atoms with Gasteiger partial charge >= 0.3 is 0 Å². The number of anilines is 1. The smallest absolute Gasteiger partial charge is 0.287 e. The Morgan fingerprint density at radius 2 is 2.28 bits per heavy atom. The van der Waals surface area contributed by atoms with E-state index in [0.717, 1.165) is 11.4 Å². The quantitative estimate of drug-likeness (QED) is 0.655. The van der Waals surface area contributed by atoms with Crippen molar-refractivity contribution < 1.29 is 4.92 Å². The monoisotopic (exact) mass is 247 g/mol. The van der Waals surface area contributed by atoms with E-state index in [1.807, 2.05) is 17.8 Å². The average molecular weight is 247 g/mol. The fourth-order valence-corrected chi connectivity index (χ4v) is 1.57. The lowest BCUT2D eigenvalue weighted by molar-refractivity contribution is -0.385. The standard InChI is InChI=1S/C11H13N5O2/c1-8-5-9(16(17)18)6-13-11(8)14-7-10-12-3-4-15(10)2/h3-6H,7H2,1-2H3,(H,13,14). The Bertz CT molecular complexity index is 579. The van der Waals surface area contributed by atoms with Gasteiger partial charge < -0.3 is 9.88 Å². The van der Waals surface area contributed by atoms with Crippen LogP contribution in [0.4, 0.5) is 11.5 Å². The van der Waals surface area contributed by atoms with Crippen molar-refractivity contribution in [3.8, 4) is 0 Å². The number of aryl methyl sites for hydroxylation is 2. The van der Waals surface area contributed by atoms with Gasteiger partial charge in [0.05, 0.1) is 11.5 Å². The summed E-state index contributed by atoms with van der Waals surface area (Å²) in [6, 6.07) is 1.49. The minimum atomic E-state index is -0.456. The first kappa shape index (κ1) is 12.0. The maximum absolute atomic E-state index is 10.6. The summed E-state index contributed by atoms with van der Waals surface area (Å²) in [6.45, 7) is 2.30. The van der Waals surface area contributed by atoms with Crippen molar-refractivity contribution in [2.24, 2.45) is 7.05 Å². The van der Waals surface area contributed by atoms with Crippen LogP contribution in [0.25, 0.3) is 0 Å². The van der Waals surface area contributed by atoms with Crippen LogP contribution in [-0.2, 0) is 13.6 Å². The third-order valence-corrected chi connectivity index (χ3v) is 2.61. The molecule has 0 aromatic carbocycles. The van der Waals surface area contributed by atoms with Crippen molar-refractivity contribution in [3.05, 3.63) is 46.2 Å². The Morgan fingerprint density at radius 3 is 2.83 bits per heavy atom. The molecule has 0 bridgehead atoms. The maximum atomic E-state index is 10.6. The van der Waals surface area contributed by atoms with Gasteiger partial charge in [0.25, 0.3) is 5.69 Å². The lowest BCUT2D eigenvalue weighted by Gasteiger charge is -2.07. The van der Waals surface area contributed by atoms with Crippen molar-refractivity contribution in [1.82, 2.24) is 14.5 Å². The fourth-order valence-electron chi connectivity index (χ4n) is 1.57. The molecule has 1 N–H and O–H groups in total. The number of aromatic nitrogens is 3. The summed E-state index contributed by atoms with van der Waals surface area (Å²) < 4.78 is 1.90. The first-order valence-electron chi connectivity index (χ1n) is 5.39. The van der Waals surface area contributed by atoms with Crippen LogP contribution >= 0.6 is 0 Å². The van der Waals surface area contributed by atoms with Gasteiger partial charge in [-0.15, -0.1) is 0 Å². The van der Waals surface area contributed by atoms with E-state index in [4.69, 9.17) is 0 Å². The third-order valence-electron chi connectivity index (χ3n) is 2.61. The number of hydrogen-bond acceptors (Lipinski definition) is 5. The predicted molar refractivity (Wildman–Crippen MR) is 66.2 cm³/mol. The van der Waals surface area contributed by atoms with E-state index in [1.165, 1.54) is 12.3 Å². The first-order valence-corrected chi connectivity index (χ1v) is 5.39. The molecule has 2 rings (SSSR count). The minimum absolute atomic E-state index is 0.00459. The molecule has 7 heteroatoms. The molecular formula is C11H13N5O2. The highest BCUT2D eigenvalue weighted by atomic mass is 16.6. The number of imidazole rings is 1. The van der Waals surface area contributed by atoms with Crippen LogP contribution in [-0.4, -0.2) is 19.5 Å². The lowest BCUT2D eigenvalue weighted by atomic mass is 10.2. The Balaban J connectivity index is 2.11. The molecule has 0 spiro atoms. The van der Waals surface area contributed by atoms with Gasteiger partial charge in [-0.1, -0.05) is 0 Å². The summed E-state index contributed by atoms with van der Waals surface area (Å²) in [5.41, 5.74) is 0.730. The van der Waals surface area contributed by atoms with Crippen LogP contribution in [0.5, 0.6) is 0 Å². The van der Waals surface area contributed by atoms with E-state index in [2.05, 4.69) is 15.3 Å². The van der Waals surface area contributed by atoms with Gasteiger partial charge in [-0.3, -0.25) is 10.1 Å². The molecule has 0 saturated carbocycles. The molecule has 0 atom stereocenters. The molecule has 0 aliphatic heterocycles. The fraction of sp³-hybridized carbons (Fsp3) is 0.273. The molecule has 0 aliphatic carbocycles. The van der Waals surface area contributed by atoms with Crippen molar-refractivity contribution in [2.75, 3.05) is 5.32 Å². The number of rotatable bonds is 4. The highest BCUT2D eigenvalue weighted by molar-refractivity contribution is 5.48. The van der Waals surface area contributed by atoms with Crippen LogP contribution in [0.1, 0.15) is 11.4 Å². The lowest BCUT2D eigenvalue weighted by Crippen LogP contribution is -2.08. The molecule has 2 heterocycles. The SMILES string of the molecule is Cc1cc([N+](=O)[O-])cnc1NCc1nccn1C. The van der Waals surface area contributed by atoms with Gasteiger partial charge in [0.1, 0.15) is 17.8 Å². The summed E-state index contributed by atoms with van der Waals surface area (Å²) in [7, 11) is 1.90. The largest absolute Gasteiger partial charge is 0.363 e. The van der Waals surface area contributed by atoms with Crippen LogP contribution in [0.15, 0.2) is 24.7 Å². The minimum Gasteiger partial charge on any atom is -0.363 e. The molecule has 18 heavy (non-hydrogen) atoms. The second-order valence-corrected chi connectivity index (χ2v) is 3.92. The second-order valence-electron chi connectivity index (χ2n) is 3.92. The van der Waals surface area contributed by atoms with Gasteiger partial charge in [0.15, 0.2) is 0 Å². The van der Waals surface area contributed by atoms with E-state index in [1.54, 1.807) is 13.1 Å². The third kappa shape index (κ3) is 2.45. The zero-order valence-electron chi connectivity index (χ0n) is 10.1. The zero-order chi connectivity index (χ0) is 13.1. The average Bonchev–Trinajstić information content (AvgIpc) is 2.73. The molecule has 0 unspecified atom stereocenters. The maximum Gasteiger partial charge on any atom is 0.287 e. The zero-order valence-corrected chi connectivity index (χ0v) is 10.1. The summed E-state index contributed by atoms with van der Waals surface area (Å²) in [4.78, 5) is 18.3. The molecule has 0 amide bonds. The van der Waals surface area contributed by atoms with Crippen LogP contribution in [0.2, 0.25) is 0 Å². The molecule has 2 aromatic heterocycles. The number of nitrogens with zero attached hydrogens (tertiary/aromatic N) is 4. The van der Waals surface area contributed by atoms with Crippen molar-refractivity contribution in [1.29, 1.82) is 0 Å². The van der Waals surface area contributed by atoms with Crippen molar-refractivity contribution in [2.45, 2.75) is 13.5 Å². The van der Waals surface area contributed by atoms with Crippen molar-refractivity contribution in [3.63, 3.8) is 0 Å². The van der Waals surface area contributed by atoms with Gasteiger partial charge in [-0.05, 0) is 12.5 Å². The van der Waals surface area contributed by atoms with E-state index < -0.39 is 4.92 Å². The molecular weight excluding hydrogens is 234 g/mol. The van der Waals surface area contributed by atoms with Gasteiger partial charge in [0, 0.05) is 25.5 Å². The summed E-state index contributed by atoms with van der Waals surface area (Å²) in [5.74, 6) is 1.50. The molecule has 94 valence electrons. The van der Waals surface area contributed by atoms with Crippen LogP contribution in [0.3, 0.4) is 0 Å². The Labute approximate surface area is 104 Å². The van der Waals surface area contributed by atoms with E-state index >= 15 is 0 Å². The van der Waals surface area contributed by atoms with Gasteiger partial charge in [-0.2, -0.15) is 0 Å². The number of nitrogens with one attached hydrogen (secondary N) is 1. The Morgan fingerprint density at radius 1 is 1.50 bits per heavy atom. The van der Waals surface area contributed by atoms with E-state index in [9.17, 15) is 10.1 Å². The van der Waals surface area contributed by atoms with E-state index in [-0.39, 0.29) is 5.69 Å². The highest BCUT2D eigenvalue weighted by Gasteiger charge is 2.09. The molecule has 2 aromatic rings. The highest BCUT2D eigenvalue weighted by Crippen LogP contribution is 2.18. The molecule has 0 aliphatic rings. The van der Waals surface area contributed by atoms with Gasteiger partial charge in [0.2, 0.25) is 0 Å². The number of pyridine rings is 1. The first-order chi connectivity index (χ1) is 8.58. The normalized spacial score (nSPS) is 10.3. The molecule has 0 fully saturated rings. The number of nitro groups is 1. The number of hydrogen-bond donors (Lipinski definition) is 1. The molecule has 0 saturated heterocycles. The summed E-state index contributed by atoms with van der Waals surface area (Å²) in [6.07, 6.45) is 4.81.